The van der Waals surface area contributed by atoms with Gasteiger partial charge >= 0.3 is 6.09 Å². The number of hydrogen-bond donors (Lipinski definition) is 2. The van der Waals surface area contributed by atoms with E-state index in [1.54, 1.807) is 0 Å². The molecule has 0 radical (unpaired) electrons. The Hall–Kier alpha value is -1.22. The third-order valence-corrected chi connectivity index (χ3v) is 1.64. The van der Waals surface area contributed by atoms with Gasteiger partial charge in [0.1, 0.15) is 0 Å². The lowest BCUT2D eigenvalue weighted by molar-refractivity contribution is 0.191. The summed E-state index contributed by atoms with van der Waals surface area (Å²) in [6.45, 7) is 1.81. The van der Waals surface area contributed by atoms with E-state index in [9.17, 15) is 4.79 Å². The van der Waals surface area contributed by atoms with Gasteiger partial charge in [-0.05, 0) is 12.5 Å². The lowest BCUT2D eigenvalue weighted by atomic mass is 10.1. The molecule has 0 saturated carbocycles. The molecule has 1 aromatic rings. The minimum atomic E-state index is -0.994. The lowest BCUT2D eigenvalue weighted by Crippen LogP contribution is -2.24. The molecule has 14 heavy (non-hydrogen) atoms. The number of amides is 1. The maximum atomic E-state index is 10.3. The van der Waals surface area contributed by atoms with E-state index in [1.165, 1.54) is 6.38 Å². The van der Waals surface area contributed by atoms with Gasteiger partial charge in [-0.25, -0.2) is 4.79 Å². The first-order chi connectivity index (χ1) is 6.70. The summed E-state index contributed by atoms with van der Waals surface area (Å²) in [5, 5.41) is 10.8. The van der Waals surface area contributed by atoms with E-state index in [-0.39, 0.29) is 6.04 Å². The second-order valence-corrected chi connectivity index (χ2v) is 2.58. The summed E-state index contributed by atoms with van der Waals surface area (Å²) in [4.78, 5) is 10.3. The topological polar surface area (TPSA) is 49.3 Å². The zero-order valence-corrected chi connectivity index (χ0v) is 8.95. The van der Waals surface area contributed by atoms with Crippen LogP contribution in [0.2, 0.25) is 0 Å². The van der Waals surface area contributed by atoms with Crippen LogP contribution in [0.4, 0.5) is 4.79 Å². The van der Waals surface area contributed by atoms with Gasteiger partial charge in [-0.2, -0.15) is 0 Å². The van der Waals surface area contributed by atoms with Gasteiger partial charge in [0.05, 0.1) is 6.04 Å². The summed E-state index contributed by atoms with van der Waals surface area (Å²) >= 11 is 4.64. The number of hydrogen-bond acceptors (Lipinski definition) is 1. The molecule has 4 heteroatoms. The average Bonchev–Trinajstić information content (AvgIpc) is 2.21. The highest BCUT2D eigenvalue weighted by atomic mass is 35.5. The van der Waals surface area contributed by atoms with Crippen LogP contribution in [0.5, 0.6) is 0 Å². The fourth-order valence-electron chi connectivity index (χ4n) is 1.01. The van der Waals surface area contributed by atoms with Crippen molar-refractivity contribution in [1.29, 1.82) is 0 Å². The normalized spacial score (nSPS) is 10.8. The monoisotopic (exact) mass is 215 g/mol. The smallest absolute Gasteiger partial charge is 0.405 e. The maximum absolute atomic E-state index is 10.3. The third-order valence-electron chi connectivity index (χ3n) is 1.64. The first kappa shape index (κ1) is 12.8. The minimum absolute atomic E-state index is 0.149. The predicted octanol–water partition coefficient (Wildman–Crippen LogP) is 2.87. The summed E-state index contributed by atoms with van der Waals surface area (Å²) in [6, 6.07) is 9.30. The minimum Gasteiger partial charge on any atom is -0.465 e. The Kier molecular flexibility index (Phi) is 6.58. The fourth-order valence-corrected chi connectivity index (χ4v) is 1.01. The largest absolute Gasteiger partial charge is 0.465 e. The average molecular weight is 216 g/mol. The maximum Gasteiger partial charge on any atom is 0.405 e. The quantitative estimate of drug-likeness (QED) is 0.746. The molecule has 1 amide bonds. The van der Waals surface area contributed by atoms with Crippen molar-refractivity contribution >= 4 is 17.7 Å². The van der Waals surface area contributed by atoms with Crippen molar-refractivity contribution < 1.29 is 9.90 Å². The van der Waals surface area contributed by atoms with Crippen LogP contribution >= 0.6 is 11.6 Å². The summed E-state index contributed by atoms with van der Waals surface area (Å²) in [5.41, 5.74) is 0.972. The summed E-state index contributed by atoms with van der Waals surface area (Å²) in [6.07, 6.45) is 0.478. The first-order valence-electron chi connectivity index (χ1n) is 4.12. The Bertz CT molecular complexity index is 264. The zero-order chi connectivity index (χ0) is 11.0. The van der Waals surface area contributed by atoms with Crippen LogP contribution in [0.15, 0.2) is 30.3 Å². The molecular weight excluding hydrogens is 202 g/mol. The number of rotatable bonds is 2. The second kappa shape index (κ2) is 7.21. The number of carboxylic acid groups (broad SMARTS) is 1. The molecule has 1 atom stereocenters. The van der Waals surface area contributed by atoms with Crippen LogP contribution in [0.25, 0.3) is 0 Å². The Morgan fingerprint density at radius 3 is 2.29 bits per heavy atom. The molecule has 0 bridgehead atoms. The first-order valence-corrected chi connectivity index (χ1v) is 4.88. The standard InChI is InChI=1S/C9H11NO2.CH3Cl/c1-7(10-9(11)12)8-5-3-2-4-6-8;1-2/h2-7,10H,1H3,(H,11,12);1H3/t7-;/m0./s1. The van der Waals surface area contributed by atoms with Crippen LogP contribution < -0.4 is 5.32 Å². The van der Waals surface area contributed by atoms with Crippen molar-refractivity contribution in [3.8, 4) is 0 Å². The Morgan fingerprint density at radius 2 is 1.86 bits per heavy atom. The molecule has 2 N–H and O–H groups in total. The van der Waals surface area contributed by atoms with Gasteiger partial charge in [-0.3, -0.25) is 0 Å². The SMILES string of the molecule is CCl.C[C@H](NC(=O)O)c1ccccc1. The molecule has 3 nitrogen and oxygen atoms in total. The number of carbonyl (C=O) groups is 1. The van der Waals surface area contributed by atoms with Crippen LogP contribution in [0.3, 0.4) is 0 Å². The number of nitrogens with one attached hydrogen (secondary N) is 1. The van der Waals surface area contributed by atoms with E-state index in [4.69, 9.17) is 5.11 Å². The van der Waals surface area contributed by atoms with Crippen molar-refractivity contribution in [2.75, 3.05) is 6.38 Å². The molecule has 1 aromatic carbocycles. The highest BCUT2D eigenvalue weighted by Crippen LogP contribution is 2.10. The third kappa shape index (κ3) is 4.72. The van der Waals surface area contributed by atoms with Crippen LogP contribution in [0, 0.1) is 0 Å². The molecule has 0 saturated heterocycles. The molecular formula is C10H14ClNO2. The fraction of sp³-hybridized carbons (Fsp3) is 0.300. The molecule has 78 valence electrons. The van der Waals surface area contributed by atoms with E-state index < -0.39 is 6.09 Å². The van der Waals surface area contributed by atoms with Crippen molar-refractivity contribution in [2.45, 2.75) is 13.0 Å². The van der Waals surface area contributed by atoms with E-state index in [2.05, 4.69) is 16.9 Å². The van der Waals surface area contributed by atoms with Crippen molar-refractivity contribution in [2.24, 2.45) is 0 Å². The van der Waals surface area contributed by atoms with Crippen LogP contribution in [-0.4, -0.2) is 17.6 Å². The predicted molar refractivity (Wildman–Crippen MR) is 57.8 cm³/mol. The highest BCUT2D eigenvalue weighted by molar-refractivity contribution is 6.15. The molecule has 1 rings (SSSR count). The molecule has 0 aliphatic rings. The van der Waals surface area contributed by atoms with E-state index in [0.29, 0.717) is 0 Å². The van der Waals surface area contributed by atoms with Gasteiger partial charge < -0.3 is 10.4 Å². The molecule has 0 heterocycles. The van der Waals surface area contributed by atoms with Gasteiger partial charge in [0.25, 0.3) is 0 Å². The van der Waals surface area contributed by atoms with Gasteiger partial charge in [-0.15, -0.1) is 11.6 Å². The Morgan fingerprint density at radius 1 is 1.36 bits per heavy atom. The van der Waals surface area contributed by atoms with Crippen LogP contribution in [0.1, 0.15) is 18.5 Å². The number of benzene rings is 1. The van der Waals surface area contributed by atoms with Gasteiger partial charge in [0.2, 0.25) is 0 Å². The Labute approximate surface area is 88.7 Å². The zero-order valence-electron chi connectivity index (χ0n) is 8.20. The molecule has 0 aromatic heterocycles. The van der Waals surface area contributed by atoms with Gasteiger partial charge in [-0.1, -0.05) is 30.3 Å². The number of halogens is 1. The molecule has 0 fully saturated rings. The molecule has 0 aliphatic carbocycles. The van der Waals surface area contributed by atoms with Gasteiger partial charge in [0, 0.05) is 6.38 Å². The lowest BCUT2D eigenvalue weighted by Gasteiger charge is -2.10. The summed E-state index contributed by atoms with van der Waals surface area (Å²) < 4.78 is 0. The van der Waals surface area contributed by atoms with E-state index >= 15 is 0 Å². The van der Waals surface area contributed by atoms with Crippen molar-refractivity contribution in [1.82, 2.24) is 5.32 Å². The van der Waals surface area contributed by atoms with E-state index in [0.717, 1.165) is 5.56 Å². The second-order valence-electron chi connectivity index (χ2n) is 2.58. The van der Waals surface area contributed by atoms with Crippen molar-refractivity contribution in [3.05, 3.63) is 35.9 Å². The number of alkyl halides is 1. The molecule has 0 unspecified atom stereocenters. The summed E-state index contributed by atoms with van der Waals surface area (Å²) in [7, 11) is 0. The summed E-state index contributed by atoms with van der Waals surface area (Å²) in [5.74, 6) is 0. The highest BCUT2D eigenvalue weighted by Gasteiger charge is 2.05. The Balaban J connectivity index is 0.000000791. The van der Waals surface area contributed by atoms with Crippen molar-refractivity contribution in [3.63, 3.8) is 0 Å². The van der Waals surface area contributed by atoms with E-state index in [1.807, 2.05) is 37.3 Å². The molecule has 0 spiro atoms. The molecule has 0 aliphatic heterocycles. The van der Waals surface area contributed by atoms with Crippen LogP contribution in [-0.2, 0) is 0 Å². The van der Waals surface area contributed by atoms with Gasteiger partial charge in [0.15, 0.2) is 0 Å².